The molecule has 1 N–H and O–H groups in total. The fourth-order valence-electron chi connectivity index (χ4n) is 4.52. The molecule has 0 atom stereocenters. The molecule has 174 valence electrons. The summed E-state index contributed by atoms with van der Waals surface area (Å²) in [6, 6.07) is 16.8. The number of fused-ring (bicyclic) bond motifs is 2. The summed E-state index contributed by atoms with van der Waals surface area (Å²) in [4.78, 5) is 11.3. The number of hydrogen-bond acceptors (Lipinski definition) is 5. The minimum Gasteiger partial charge on any atom is -0.497 e. The normalized spacial score (nSPS) is 11.3. The van der Waals surface area contributed by atoms with E-state index in [0.29, 0.717) is 5.95 Å². The monoisotopic (exact) mass is 454 g/mol. The Bertz CT molecular complexity index is 1480. The number of aromatic nitrogens is 4. The van der Waals surface area contributed by atoms with Crippen molar-refractivity contribution in [2.75, 3.05) is 30.9 Å². The lowest BCUT2D eigenvalue weighted by molar-refractivity contribution is 0.415. The van der Waals surface area contributed by atoms with Gasteiger partial charge in [-0.15, -0.1) is 0 Å². The highest BCUT2D eigenvalue weighted by Crippen LogP contribution is 2.28. The molecular formula is C27H30N6O. The van der Waals surface area contributed by atoms with Gasteiger partial charge in [-0.2, -0.15) is 4.98 Å². The van der Waals surface area contributed by atoms with Gasteiger partial charge in [0, 0.05) is 73.3 Å². The Morgan fingerprint density at radius 3 is 2.68 bits per heavy atom. The lowest BCUT2D eigenvalue weighted by Gasteiger charge is -2.19. The van der Waals surface area contributed by atoms with Crippen LogP contribution in [0.25, 0.3) is 21.8 Å². The number of hydrogen-bond donors (Lipinski definition) is 1. The van der Waals surface area contributed by atoms with Gasteiger partial charge in [-0.1, -0.05) is 0 Å². The summed E-state index contributed by atoms with van der Waals surface area (Å²) < 4.78 is 9.77. The molecule has 0 aliphatic heterocycles. The molecule has 3 heterocycles. The first-order valence-electron chi connectivity index (χ1n) is 11.4. The van der Waals surface area contributed by atoms with Crippen molar-refractivity contribution in [2.45, 2.75) is 13.3 Å². The van der Waals surface area contributed by atoms with E-state index in [1.165, 1.54) is 33.1 Å². The van der Waals surface area contributed by atoms with Gasteiger partial charge >= 0.3 is 0 Å². The van der Waals surface area contributed by atoms with Crippen LogP contribution < -0.4 is 15.0 Å². The molecule has 5 rings (SSSR count). The van der Waals surface area contributed by atoms with Gasteiger partial charge in [0.25, 0.3) is 0 Å². The SMILES string of the molecule is COc1ccc2c(c1)c(CCNc1nccc(N(C)c3ccc4c(c3)cc(C)n4C)n1)cn2C. The summed E-state index contributed by atoms with van der Waals surface area (Å²) in [5, 5.41) is 5.83. The van der Waals surface area contributed by atoms with E-state index in [9.17, 15) is 0 Å². The molecule has 0 aliphatic carbocycles. The molecule has 0 saturated heterocycles. The second-order valence-corrected chi connectivity index (χ2v) is 8.71. The molecule has 0 bridgehead atoms. The largest absolute Gasteiger partial charge is 0.497 e. The number of rotatable bonds is 7. The van der Waals surface area contributed by atoms with E-state index in [0.717, 1.165) is 30.2 Å². The number of aryl methyl sites for hydroxylation is 3. The highest BCUT2D eigenvalue weighted by Gasteiger charge is 2.11. The molecule has 2 aromatic carbocycles. The summed E-state index contributed by atoms with van der Waals surface area (Å²) in [6.07, 6.45) is 4.84. The van der Waals surface area contributed by atoms with Crippen LogP contribution in [0.4, 0.5) is 17.5 Å². The predicted octanol–water partition coefficient (Wildman–Crippen LogP) is 5.20. The fraction of sp³-hybridized carbons (Fsp3) is 0.259. The second-order valence-electron chi connectivity index (χ2n) is 8.71. The number of benzene rings is 2. The Morgan fingerprint density at radius 2 is 1.85 bits per heavy atom. The van der Waals surface area contributed by atoms with Crippen LogP contribution in [0.3, 0.4) is 0 Å². The average Bonchev–Trinajstić information content (AvgIpc) is 3.33. The van der Waals surface area contributed by atoms with E-state index < -0.39 is 0 Å². The van der Waals surface area contributed by atoms with Crippen molar-refractivity contribution < 1.29 is 4.74 Å². The van der Waals surface area contributed by atoms with E-state index in [-0.39, 0.29) is 0 Å². The molecule has 0 aliphatic rings. The van der Waals surface area contributed by atoms with Crippen LogP contribution in [0.15, 0.2) is 60.9 Å². The highest BCUT2D eigenvalue weighted by molar-refractivity contribution is 5.86. The minimum absolute atomic E-state index is 0.624. The first-order valence-corrected chi connectivity index (χ1v) is 11.4. The first-order chi connectivity index (χ1) is 16.4. The van der Waals surface area contributed by atoms with E-state index in [2.05, 4.69) is 87.9 Å². The van der Waals surface area contributed by atoms with E-state index >= 15 is 0 Å². The summed E-state index contributed by atoms with van der Waals surface area (Å²) in [5.74, 6) is 2.34. The number of methoxy groups -OCH3 is 1. The van der Waals surface area contributed by atoms with Gasteiger partial charge < -0.3 is 24.1 Å². The van der Waals surface area contributed by atoms with E-state index in [1.54, 1.807) is 13.3 Å². The molecule has 3 aromatic heterocycles. The van der Waals surface area contributed by atoms with Crippen molar-refractivity contribution in [1.82, 2.24) is 19.1 Å². The van der Waals surface area contributed by atoms with Crippen LogP contribution in [0.1, 0.15) is 11.3 Å². The molecule has 0 saturated carbocycles. The van der Waals surface area contributed by atoms with Crippen LogP contribution in [0.5, 0.6) is 5.75 Å². The highest BCUT2D eigenvalue weighted by atomic mass is 16.5. The molecule has 0 unspecified atom stereocenters. The van der Waals surface area contributed by atoms with E-state index in [1.807, 2.05) is 19.2 Å². The average molecular weight is 455 g/mol. The molecule has 5 aromatic rings. The van der Waals surface area contributed by atoms with Gasteiger partial charge in [0.1, 0.15) is 11.6 Å². The zero-order valence-corrected chi connectivity index (χ0v) is 20.3. The predicted molar refractivity (Wildman–Crippen MR) is 139 cm³/mol. The van der Waals surface area contributed by atoms with Crippen molar-refractivity contribution in [3.63, 3.8) is 0 Å². The maximum absolute atomic E-state index is 5.41. The smallest absolute Gasteiger partial charge is 0.224 e. The molecular weight excluding hydrogens is 424 g/mol. The maximum Gasteiger partial charge on any atom is 0.224 e. The Labute approximate surface area is 199 Å². The summed E-state index contributed by atoms with van der Waals surface area (Å²) in [5.41, 5.74) is 6.02. The van der Waals surface area contributed by atoms with Crippen molar-refractivity contribution >= 4 is 39.3 Å². The standard InChI is InChI=1S/C27H30N6O/c1-18-14-20-15-21(6-8-24(20)32(18)3)33(4)26-11-13-29-27(30-26)28-12-10-19-17-31(2)25-9-7-22(34-5)16-23(19)25/h6-9,11,13-17H,10,12H2,1-5H3,(H,28,29,30). The van der Waals surface area contributed by atoms with Crippen molar-refractivity contribution in [3.8, 4) is 5.75 Å². The third-order valence-corrected chi connectivity index (χ3v) is 6.59. The lowest BCUT2D eigenvalue weighted by Crippen LogP contribution is -2.14. The third-order valence-electron chi connectivity index (χ3n) is 6.59. The van der Waals surface area contributed by atoms with Gasteiger partial charge in [0.05, 0.1) is 7.11 Å². The summed E-state index contributed by atoms with van der Waals surface area (Å²) in [6.45, 7) is 2.86. The molecule has 7 nitrogen and oxygen atoms in total. The number of nitrogens with zero attached hydrogens (tertiary/aromatic N) is 5. The summed E-state index contributed by atoms with van der Waals surface area (Å²) in [7, 11) is 7.90. The van der Waals surface area contributed by atoms with Gasteiger partial charge in [-0.25, -0.2) is 4.98 Å². The minimum atomic E-state index is 0.624. The topological polar surface area (TPSA) is 60.1 Å². The maximum atomic E-state index is 5.41. The van der Waals surface area contributed by atoms with Gasteiger partial charge in [-0.05, 0) is 67.4 Å². The van der Waals surface area contributed by atoms with Gasteiger partial charge in [0.2, 0.25) is 5.95 Å². The first kappa shape index (κ1) is 21.8. The van der Waals surface area contributed by atoms with Crippen LogP contribution >= 0.6 is 0 Å². The Balaban J connectivity index is 1.31. The van der Waals surface area contributed by atoms with Crippen LogP contribution in [-0.2, 0) is 20.5 Å². The quantitative estimate of drug-likeness (QED) is 0.366. The van der Waals surface area contributed by atoms with Gasteiger partial charge in [0.15, 0.2) is 0 Å². The van der Waals surface area contributed by atoms with Gasteiger partial charge in [-0.3, -0.25) is 0 Å². The van der Waals surface area contributed by atoms with Crippen molar-refractivity contribution in [1.29, 1.82) is 0 Å². The Kier molecular flexibility index (Phi) is 5.61. The number of anilines is 3. The van der Waals surface area contributed by atoms with Crippen LogP contribution in [0.2, 0.25) is 0 Å². The van der Waals surface area contributed by atoms with Crippen LogP contribution in [-0.4, -0.2) is 39.8 Å². The zero-order chi connectivity index (χ0) is 23.8. The molecule has 0 spiro atoms. The number of ether oxygens (including phenoxy) is 1. The third kappa shape index (κ3) is 3.94. The Hall–Kier alpha value is -4.00. The second kappa shape index (κ2) is 8.74. The molecule has 0 fully saturated rings. The van der Waals surface area contributed by atoms with Crippen molar-refractivity contribution in [2.24, 2.45) is 14.1 Å². The van der Waals surface area contributed by atoms with Crippen LogP contribution in [0, 0.1) is 6.92 Å². The molecule has 7 heteroatoms. The fourth-order valence-corrected chi connectivity index (χ4v) is 4.52. The van der Waals surface area contributed by atoms with E-state index in [4.69, 9.17) is 9.72 Å². The lowest BCUT2D eigenvalue weighted by atomic mass is 10.1. The Morgan fingerprint density at radius 1 is 1.03 bits per heavy atom. The zero-order valence-electron chi connectivity index (χ0n) is 20.3. The molecule has 0 radical (unpaired) electrons. The molecule has 34 heavy (non-hydrogen) atoms. The number of nitrogens with one attached hydrogen (secondary N) is 1. The molecule has 0 amide bonds. The van der Waals surface area contributed by atoms with Crippen molar-refractivity contribution in [3.05, 3.63) is 72.2 Å². The summed E-state index contributed by atoms with van der Waals surface area (Å²) >= 11 is 0.